The monoisotopic (exact) mass is 724 g/mol. The molecule has 1 N–H and O–H groups in total. The number of unbranched alkanes of at least 4 members (excludes halogenated alkanes) is 5. The van der Waals surface area contributed by atoms with E-state index in [1.54, 1.807) is 30.0 Å². The molecule has 0 aliphatic carbocycles. The number of methoxy groups -OCH3 is 1. The van der Waals surface area contributed by atoms with Crippen molar-refractivity contribution in [2.45, 2.75) is 87.0 Å². The number of aromatic nitrogens is 2. The molecule has 0 unspecified atom stereocenters. The Morgan fingerprint density at radius 1 is 0.920 bits per heavy atom. The Morgan fingerprint density at radius 3 is 2.30 bits per heavy atom. The van der Waals surface area contributed by atoms with Gasteiger partial charge in [0, 0.05) is 37.1 Å². The van der Waals surface area contributed by atoms with Crippen LogP contribution in [-0.2, 0) is 14.8 Å². The van der Waals surface area contributed by atoms with Crippen molar-refractivity contribution >= 4 is 50.7 Å². The largest absolute Gasteiger partial charge is 0.490 e. The van der Waals surface area contributed by atoms with Gasteiger partial charge in [-0.3, -0.25) is 4.72 Å². The lowest BCUT2D eigenvalue weighted by atomic mass is 9.99. The summed E-state index contributed by atoms with van der Waals surface area (Å²) in [6, 6.07) is 9.63. The van der Waals surface area contributed by atoms with Gasteiger partial charge in [0.25, 0.3) is 5.96 Å². The predicted octanol–water partition coefficient (Wildman–Crippen LogP) is 8.49. The predicted molar refractivity (Wildman–Crippen MR) is 208 cm³/mol. The third-order valence-electron chi connectivity index (χ3n) is 8.87. The van der Waals surface area contributed by atoms with Gasteiger partial charge in [-0.05, 0) is 101 Å². The van der Waals surface area contributed by atoms with Gasteiger partial charge in [-0.15, -0.1) is 0 Å². The van der Waals surface area contributed by atoms with Crippen LogP contribution in [0.3, 0.4) is 0 Å². The van der Waals surface area contributed by atoms with E-state index in [2.05, 4.69) is 61.5 Å². The van der Waals surface area contributed by atoms with Crippen LogP contribution in [0.5, 0.6) is 5.75 Å². The van der Waals surface area contributed by atoms with Gasteiger partial charge in [0.15, 0.2) is 0 Å². The third-order valence-corrected chi connectivity index (χ3v) is 10.8. The van der Waals surface area contributed by atoms with Gasteiger partial charge in [-0.1, -0.05) is 50.6 Å². The summed E-state index contributed by atoms with van der Waals surface area (Å²) in [5, 5.41) is 5.17. The fraction of sp³-hybridized carbons (Fsp3) is 0.500. The van der Waals surface area contributed by atoms with Crippen molar-refractivity contribution in [2.75, 3.05) is 48.8 Å². The molecule has 272 valence electrons. The van der Waals surface area contributed by atoms with E-state index in [4.69, 9.17) is 31.1 Å². The second-order valence-electron chi connectivity index (χ2n) is 12.7. The Hall–Kier alpha value is -3.67. The molecule has 1 aliphatic heterocycles. The Bertz CT molecular complexity index is 1840. The summed E-state index contributed by atoms with van der Waals surface area (Å²) in [5.41, 5.74) is 7.96. The van der Waals surface area contributed by atoms with Crippen LogP contribution in [-0.4, -0.2) is 69.0 Å². The van der Waals surface area contributed by atoms with Crippen molar-refractivity contribution in [3.05, 3.63) is 74.7 Å². The minimum atomic E-state index is -3.58. The Labute approximate surface area is 303 Å². The van der Waals surface area contributed by atoms with E-state index >= 15 is 0 Å². The van der Waals surface area contributed by atoms with Gasteiger partial charge in [-0.25, -0.2) is 23.1 Å². The lowest BCUT2D eigenvalue weighted by Gasteiger charge is -2.24. The highest BCUT2D eigenvalue weighted by Crippen LogP contribution is 2.33. The number of aliphatic imine (C=N–C) groups is 2. The average molecular weight is 725 g/mol. The van der Waals surface area contributed by atoms with E-state index < -0.39 is 10.0 Å². The van der Waals surface area contributed by atoms with E-state index in [9.17, 15) is 8.42 Å². The van der Waals surface area contributed by atoms with Crippen molar-refractivity contribution in [3.8, 4) is 5.75 Å². The van der Waals surface area contributed by atoms with Gasteiger partial charge >= 0.3 is 0 Å². The first-order chi connectivity index (χ1) is 23.9. The van der Waals surface area contributed by atoms with Crippen LogP contribution in [0.15, 0.2) is 46.0 Å². The van der Waals surface area contributed by atoms with Gasteiger partial charge in [-0.2, -0.15) is 5.10 Å². The van der Waals surface area contributed by atoms with Crippen LogP contribution < -0.4 is 14.4 Å². The molecule has 0 atom stereocenters. The van der Waals surface area contributed by atoms with Crippen LogP contribution >= 0.6 is 11.6 Å². The van der Waals surface area contributed by atoms with E-state index in [1.165, 1.54) is 12.1 Å². The van der Waals surface area contributed by atoms with Crippen molar-refractivity contribution in [1.29, 1.82) is 0 Å². The van der Waals surface area contributed by atoms with Gasteiger partial charge in [0.1, 0.15) is 18.1 Å². The first-order valence-electron chi connectivity index (χ1n) is 17.7. The molecule has 12 heteroatoms. The Balaban J connectivity index is 1.80. The molecule has 0 amide bonds. The summed E-state index contributed by atoms with van der Waals surface area (Å²) in [4.78, 5) is 12.3. The molecule has 10 nitrogen and oxygen atoms in total. The zero-order chi connectivity index (χ0) is 36.4. The quantitative estimate of drug-likeness (QED) is 0.132. The van der Waals surface area contributed by atoms with Crippen LogP contribution in [0.1, 0.15) is 92.9 Å². The molecular weight excluding hydrogens is 672 g/mol. The first-order valence-corrected chi connectivity index (χ1v) is 19.7. The highest BCUT2D eigenvalue weighted by Gasteiger charge is 2.26. The second kappa shape index (κ2) is 18.0. The summed E-state index contributed by atoms with van der Waals surface area (Å²) in [6.45, 7) is 16.9. The standard InChI is InChI=1S/C38H53ClN6O4S/c1-9-12-13-14-15-16-21-50(46,47)43-31-17-18-35(49-20-19-48-8)32(25-31)37-33(40-38(41-37)45-29(7)36(39)28(6)42-45)24-30-22-27(5)34(23-26(30)4)44(10-2)11-3/h17-18,22-25,43H,9-16,19-21H2,1-8H3/b33-24-. The van der Waals surface area contributed by atoms with Crippen molar-refractivity contribution < 1.29 is 17.9 Å². The maximum Gasteiger partial charge on any atom is 0.252 e. The van der Waals surface area contributed by atoms with Gasteiger partial charge in [0.2, 0.25) is 10.0 Å². The maximum absolute atomic E-state index is 13.2. The average Bonchev–Trinajstić information content (AvgIpc) is 3.61. The normalized spacial score (nSPS) is 13.9. The summed E-state index contributed by atoms with van der Waals surface area (Å²) < 4.78 is 42.2. The Kier molecular flexibility index (Phi) is 14.1. The van der Waals surface area contributed by atoms with Gasteiger partial charge < -0.3 is 14.4 Å². The number of hydrogen-bond acceptors (Lipinski definition) is 8. The number of benzene rings is 2. The van der Waals surface area contributed by atoms with Crippen molar-refractivity contribution in [1.82, 2.24) is 9.78 Å². The topological polar surface area (TPSA) is 110 Å². The number of allylic oxidation sites excluding steroid dienone is 1. The molecular formula is C38H53ClN6O4S. The van der Waals surface area contributed by atoms with E-state index in [0.717, 1.165) is 61.2 Å². The molecule has 50 heavy (non-hydrogen) atoms. The molecule has 1 aliphatic rings. The number of nitrogens with one attached hydrogen (secondary N) is 1. The highest BCUT2D eigenvalue weighted by molar-refractivity contribution is 7.92. The molecule has 0 spiro atoms. The lowest BCUT2D eigenvalue weighted by Crippen LogP contribution is -2.22. The van der Waals surface area contributed by atoms with Crippen molar-refractivity contribution in [2.24, 2.45) is 9.98 Å². The van der Waals surface area contributed by atoms with E-state index in [-0.39, 0.29) is 5.75 Å². The molecule has 0 fully saturated rings. The maximum atomic E-state index is 13.2. The Morgan fingerprint density at radius 2 is 1.64 bits per heavy atom. The number of rotatable bonds is 18. The van der Waals surface area contributed by atoms with Crippen LogP contribution in [0.2, 0.25) is 5.02 Å². The van der Waals surface area contributed by atoms with Crippen molar-refractivity contribution in [3.63, 3.8) is 0 Å². The van der Waals surface area contributed by atoms with Crippen LogP contribution in [0.25, 0.3) is 6.08 Å². The fourth-order valence-electron chi connectivity index (χ4n) is 6.03. The summed E-state index contributed by atoms with van der Waals surface area (Å²) in [6.07, 6.45) is 8.00. The van der Waals surface area contributed by atoms with Gasteiger partial charge in [0.05, 0.1) is 34.5 Å². The number of hydrogen-bond donors (Lipinski definition) is 1. The number of aryl methyl sites for hydroxylation is 3. The minimum Gasteiger partial charge on any atom is -0.490 e. The molecule has 0 saturated heterocycles. The minimum absolute atomic E-state index is 0.0563. The zero-order valence-electron chi connectivity index (χ0n) is 30.9. The molecule has 3 aromatic rings. The van der Waals surface area contributed by atoms with Crippen LogP contribution in [0, 0.1) is 27.7 Å². The van der Waals surface area contributed by atoms with E-state index in [1.807, 2.05) is 19.9 Å². The molecule has 0 saturated carbocycles. The molecule has 4 rings (SSSR count). The lowest BCUT2D eigenvalue weighted by molar-refractivity contribution is 0.146. The van der Waals surface area contributed by atoms with Crippen LogP contribution in [0.4, 0.5) is 11.4 Å². The number of anilines is 2. The summed E-state index contributed by atoms with van der Waals surface area (Å²) in [7, 11) is -1.96. The summed E-state index contributed by atoms with van der Waals surface area (Å²) >= 11 is 6.54. The third kappa shape index (κ3) is 9.76. The fourth-order valence-corrected chi connectivity index (χ4v) is 7.32. The SMILES string of the molecule is CCCCCCCCS(=O)(=O)Nc1ccc(OCCOC)c(C2=NC(n3nc(C)c(Cl)c3C)=N/C2=C\c2cc(C)c(N(CC)CC)cc2C)c1. The number of nitrogens with zero attached hydrogens (tertiary/aromatic N) is 5. The number of ether oxygens (including phenoxy) is 2. The second-order valence-corrected chi connectivity index (χ2v) is 14.9. The molecule has 1 aromatic heterocycles. The smallest absolute Gasteiger partial charge is 0.252 e. The summed E-state index contributed by atoms with van der Waals surface area (Å²) in [5.74, 6) is 0.934. The highest BCUT2D eigenvalue weighted by atomic mass is 35.5. The molecule has 2 aromatic carbocycles. The molecule has 0 radical (unpaired) electrons. The number of sulfonamides is 1. The van der Waals surface area contributed by atoms with E-state index in [0.29, 0.717) is 64.7 Å². The zero-order valence-corrected chi connectivity index (χ0v) is 32.5. The molecule has 2 heterocycles. The molecule has 0 bridgehead atoms. The number of halogens is 1. The first kappa shape index (κ1) is 39.1.